The highest BCUT2D eigenvalue weighted by Gasteiger charge is 2.11. The van der Waals surface area contributed by atoms with Crippen molar-refractivity contribution in [1.29, 1.82) is 0 Å². The highest BCUT2D eigenvalue weighted by Crippen LogP contribution is 1.92. The van der Waals surface area contributed by atoms with Crippen LogP contribution in [0.15, 0.2) is 5.16 Å². The first-order valence-corrected chi connectivity index (χ1v) is 1.78. The third-order valence-electron chi connectivity index (χ3n) is 0.643. The number of nitrogens with zero attached hydrogens (tertiary/aromatic N) is 2. The van der Waals surface area contributed by atoms with Gasteiger partial charge in [-0.15, -0.1) is 0 Å². The lowest BCUT2D eigenvalue weighted by atomic mass is 10.9. The summed E-state index contributed by atoms with van der Waals surface area (Å²) in [7, 11) is 0. The quantitative estimate of drug-likeness (QED) is 0.360. The Hall–Kier alpha value is -0.810. The third kappa shape index (κ3) is 0.625. The van der Waals surface area contributed by atoms with Crippen LogP contribution in [0.4, 0.5) is 0 Å². The van der Waals surface area contributed by atoms with E-state index in [4.69, 9.17) is 11.6 Å². The molecule has 0 bridgehead atoms. The average molecular weight is 102 g/mol. The van der Waals surface area contributed by atoms with E-state index in [2.05, 4.69) is 9.99 Å². The Labute approximate surface area is 40.5 Å². The Balaban J connectivity index is 2.45. The van der Waals surface area contributed by atoms with Gasteiger partial charge in [-0.2, -0.15) is 0 Å². The highest BCUT2D eigenvalue weighted by molar-refractivity contribution is 5.54. The van der Waals surface area contributed by atoms with Crippen LogP contribution in [-0.4, -0.2) is 17.7 Å². The second kappa shape index (κ2) is 1.36. The van der Waals surface area contributed by atoms with Gasteiger partial charge in [0.05, 0.1) is 0 Å². The number of rotatable bonds is 0. The minimum absolute atomic E-state index is 0.597. The summed E-state index contributed by atoms with van der Waals surface area (Å²) in [5.41, 5.74) is 5.13. The Bertz CT molecular complexity index is 91.7. The summed E-state index contributed by atoms with van der Waals surface area (Å²) in [6, 6.07) is 0. The normalized spacial score (nSPS) is 28.3. The van der Waals surface area contributed by atoms with Gasteiger partial charge in [0.1, 0.15) is 6.34 Å². The standard InChI is InChI=1S/C2H6N4O/c3-2-6(4)1-5-7-2/h1-2H,3-4H2. The maximum Gasteiger partial charge on any atom is 0.267 e. The van der Waals surface area contributed by atoms with Crippen LogP contribution in [0, 0.1) is 0 Å². The van der Waals surface area contributed by atoms with Gasteiger partial charge in [-0.05, 0) is 0 Å². The molecule has 1 atom stereocenters. The van der Waals surface area contributed by atoms with E-state index in [0.29, 0.717) is 0 Å². The van der Waals surface area contributed by atoms with E-state index in [9.17, 15) is 0 Å². The van der Waals surface area contributed by atoms with Crippen LogP contribution in [0.5, 0.6) is 0 Å². The lowest BCUT2D eigenvalue weighted by Gasteiger charge is -2.08. The summed E-state index contributed by atoms with van der Waals surface area (Å²) in [5.74, 6) is 5.11. The molecular weight excluding hydrogens is 96.0 g/mol. The van der Waals surface area contributed by atoms with E-state index < -0.39 is 6.35 Å². The predicted octanol–water partition coefficient (Wildman–Crippen LogP) is -1.62. The SMILES string of the molecule is NC1ON=CN1N. The van der Waals surface area contributed by atoms with E-state index in [1.807, 2.05) is 0 Å². The molecule has 1 heterocycles. The molecule has 0 aliphatic carbocycles. The van der Waals surface area contributed by atoms with Gasteiger partial charge in [-0.3, -0.25) is 5.73 Å². The fourth-order valence-electron chi connectivity index (χ4n) is 0.264. The first-order valence-electron chi connectivity index (χ1n) is 1.78. The van der Waals surface area contributed by atoms with Gasteiger partial charge >= 0.3 is 0 Å². The number of nitrogens with two attached hydrogens (primary N) is 2. The number of hydrogen-bond donors (Lipinski definition) is 2. The molecule has 4 N–H and O–H groups in total. The van der Waals surface area contributed by atoms with E-state index in [1.54, 1.807) is 0 Å². The van der Waals surface area contributed by atoms with Crippen LogP contribution in [0.25, 0.3) is 0 Å². The molecule has 5 heteroatoms. The summed E-state index contributed by atoms with van der Waals surface area (Å²) in [5, 5.41) is 4.46. The van der Waals surface area contributed by atoms with Gasteiger partial charge in [0.2, 0.25) is 0 Å². The lowest BCUT2D eigenvalue weighted by Crippen LogP contribution is -2.42. The molecule has 0 spiro atoms. The Morgan fingerprint density at radius 2 is 2.57 bits per heavy atom. The summed E-state index contributed by atoms with van der Waals surface area (Å²) in [4.78, 5) is 4.41. The van der Waals surface area contributed by atoms with Gasteiger partial charge in [0.15, 0.2) is 0 Å². The number of hydrogen-bond acceptors (Lipinski definition) is 5. The maximum atomic E-state index is 5.13. The fourth-order valence-corrected chi connectivity index (χ4v) is 0.264. The maximum absolute atomic E-state index is 5.13. The second-order valence-corrected chi connectivity index (χ2v) is 1.16. The summed E-state index contributed by atoms with van der Waals surface area (Å²) in [6.07, 6.45) is 0.713. The van der Waals surface area contributed by atoms with E-state index in [-0.39, 0.29) is 0 Å². The van der Waals surface area contributed by atoms with Crippen molar-refractivity contribution in [1.82, 2.24) is 5.01 Å². The van der Waals surface area contributed by atoms with Crippen LogP contribution >= 0.6 is 0 Å². The Morgan fingerprint density at radius 3 is 2.71 bits per heavy atom. The third-order valence-corrected chi connectivity index (χ3v) is 0.643. The predicted molar refractivity (Wildman–Crippen MR) is 23.6 cm³/mol. The molecule has 0 aromatic rings. The summed E-state index contributed by atoms with van der Waals surface area (Å²) in [6.45, 7) is 0. The van der Waals surface area contributed by atoms with E-state index in [1.165, 1.54) is 11.3 Å². The van der Waals surface area contributed by atoms with Crippen molar-refractivity contribution in [2.75, 3.05) is 0 Å². The molecule has 0 aromatic heterocycles. The minimum atomic E-state index is -0.597. The molecule has 0 saturated carbocycles. The first-order chi connectivity index (χ1) is 3.30. The Kier molecular flexibility index (Phi) is 0.844. The molecule has 1 aliphatic rings. The monoisotopic (exact) mass is 102 g/mol. The van der Waals surface area contributed by atoms with Crippen LogP contribution < -0.4 is 11.6 Å². The molecule has 5 nitrogen and oxygen atoms in total. The molecular formula is C2H6N4O. The first kappa shape index (κ1) is 4.35. The van der Waals surface area contributed by atoms with Crippen LogP contribution in [0.1, 0.15) is 0 Å². The van der Waals surface area contributed by atoms with Crippen molar-refractivity contribution >= 4 is 6.34 Å². The van der Waals surface area contributed by atoms with Gasteiger partial charge in [-0.25, -0.2) is 10.9 Å². The smallest absolute Gasteiger partial charge is 0.267 e. The van der Waals surface area contributed by atoms with Gasteiger partial charge < -0.3 is 4.84 Å². The van der Waals surface area contributed by atoms with E-state index >= 15 is 0 Å². The lowest BCUT2D eigenvalue weighted by molar-refractivity contribution is 0.0160. The summed E-state index contributed by atoms with van der Waals surface area (Å²) < 4.78 is 0. The van der Waals surface area contributed by atoms with Crippen molar-refractivity contribution in [2.45, 2.75) is 6.35 Å². The van der Waals surface area contributed by atoms with Crippen molar-refractivity contribution in [2.24, 2.45) is 16.7 Å². The van der Waals surface area contributed by atoms with Crippen molar-refractivity contribution < 1.29 is 4.84 Å². The summed E-state index contributed by atoms with van der Waals surface area (Å²) >= 11 is 0. The van der Waals surface area contributed by atoms with Gasteiger partial charge in [0, 0.05) is 0 Å². The highest BCUT2D eigenvalue weighted by atomic mass is 16.7. The molecule has 0 radical (unpaired) electrons. The zero-order chi connectivity index (χ0) is 5.28. The molecule has 0 aromatic carbocycles. The van der Waals surface area contributed by atoms with Crippen molar-refractivity contribution in [3.8, 4) is 0 Å². The minimum Gasteiger partial charge on any atom is -0.351 e. The molecule has 1 aliphatic heterocycles. The largest absolute Gasteiger partial charge is 0.351 e. The van der Waals surface area contributed by atoms with Crippen LogP contribution in [0.2, 0.25) is 0 Å². The molecule has 0 fully saturated rings. The van der Waals surface area contributed by atoms with Gasteiger partial charge in [0.25, 0.3) is 6.35 Å². The van der Waals surface area contributed by atoms with E-state index in [0.717, 1.165) is 0 Å². The zero-order valence-corrected chi connectivity index (χ0v) is 3.61. The second-order valence-electron chi connectivity index (χ2n) is 1.16. The zero-order valence-electron chi connectivity index (χ0n) is 3.61. The average Bonchev–Trinajstić information content (AvgIpc) is 1.91. The fraction of sp³-hybridized carbons (Fsp3) is 0.500. The van der Waals surface area contributed by atoms with Crippen molar-refractivity contribution in [3.05, 3.63) is 0 Å². The molecule has 1 rings (SSSR count). The van der Waals surface area contributed by atoms with Crippen LogP contribution in [-0.2, 0) is 4.84 Å². The molecule has 7 heavy (non-hydrogen) atoms. The molecule has 0 amide bonds. The van der Waals surface area contributed by atoms with Crippen LogP contribution in [0.3, 0.4) is 0 Å². The van der Waals surface area contributed by atoms with Crippen molar-refractivity contribution in [3.63, 3.8) is 0 Å². The van der Waals surface area contributed by atoms with Gasteiger partial charge in [-0.1, -0.05) is 5.16 Å². The topological polar surface area (TPSA) is 76.9 Å². The molecule has 0 saturated heterocycles. The Morgan fingerprint density at radius 1 is 1.86 bits per heavy atom. The number of oxime groups is 1. The number of hydrazine groups is 1. The molecule has 40 valence electrons. The molecule has 1 unspecified atom stereocenters.